The highest BCUT2D eigenvalue weighted by Gasteiger charge is 2.35. The zero-order chi connectivity index (χ0) is 15.5. The third kappa shape index (κ3) is 2.70. The molecule has 22 heavy (non-hydrogen) atoms. The molecule has 1 heterocycles. The molecule has 0 saturated heterocycles. The fourth-order valence-corrected chi connectivity index (χ4v) is 2.81. The summed E-state index contributed by atoms with van der Waals surface area (Å²) < 4.78 is 5.76. The van der Waals surface area contributed by atoms with Gasteiger partial charge >= 0.3 is 0 Å². The van der Waals surface area contributed by atoms with Crippen LogP contribution < -0.4 is 10.1 Å². The number of fused-ring (bicyclic) bond motifs is 1. The first-order valence-electron chi connectivity index (χ1n) is 7.41. The summed E-state index contributed by atoms with van der Waals surface area (Å²) in [4.78, 5) is 12.4. The molecule has 0 aliphatic carbocycles. The van der Waals surface area contributed by atoms with Crippen molar-refractivity contribution < 1.29 is 14.6 Å². The lowest BCUT2D eigenvalue weighted by Crippen LogP contribution is -2.38. The van der Waals surface area contributed by atoms with Gasteiger partial charge in [-0.2, -0.15) is 0 Å². The number of ether oxygens (including phenoxy) is 1. The third-order valence-corrected chi connectivity index (χ3v) is 4.12. The maximum absolute atomic E-state index is 12.4. The second kappa shape index (κ2) is 6.20. The summed E-state index contributed by atoms with van der Waals surface area (Å²) in [6, 6.07) is 15.3. The van der Waals surface area contributed by atoms with E-state index < -0.39 is 6.10 Å². The van der Waals surface area contributed by atoms with E-state index in [9.17, 15) is 9.90 Å². The molecule has 2 atom stereocenters. The van der Waals surface area contributed by atoms with E-state index in [1.165, 1.54) is 0 Å². The minimum absolute atomic E-state index is 0.0317. The van der Waals surface area contributed by atoms with Crippen molar-refractivity contribution in [1.82, 2.24) is 5.32 Å². The fourth-order valence-electron chi connectivity index (χ4n) is 2.81. The number of aliphatic hydroxyl groups excluding tert-OH is 1. The van der Waals surface area contributed by atoms with Gasteiger partial charge < -0.3 is 15.2 Å². The highest BCUT2D eigenvalue weighted by Crippen LogP contribution is 2.37. The first kappa shape index (κ1) is 14.6. The van der Waals surface area contributed by atoms with E-state index in [0.29, 0.717) is 6.54 Å². The SMILES string of the molecule is CC1c2ccccc2OC1C(=O)NCc1ccccc1CO. The van der Waals surface area contributed by atoms with Gasteiger partial charge in [-0.1, -0.05) is 49.4 Å². The standard InChI is InChI=1S/C18H19NO3/c1-12-15-8-4-5-9-16(15)22-17(12)18(21)19-10-13-6-2-3-7-14(13)11-20/h2-9,12,17,20H,10-11H2,1H3,(H,19,21). The summed E-state index contributed by atoms with van der Waals surface area (Å²) in [5.41, 5.74) is 2.81. The van der Waals surface area contributed by atoms with Crippen molar-refractivity contribution in [3.63, 3.8) is 0 Å². The Morgan fingerprint density at radius 1 is 1.14 bits per heavy atom. The smallest absolute Gasteiger partial charge is 0.261 e. The summed E-state index contributed by atoms with van der Waals surface area (Å²) in [7, 11) is 0. The largest absolute Gasteiger partial charge is 0.480 e. The summed E-state index contributed by atoms with van der Waals surface area (Å²) in [5, 5.41) is 12.2. The molecule has 2 unspecified atom stereocenters. The second-order valence-electron chi connectivity index (χ2n) is 5.51. The number of nitrogens with one attached hydrogen (secondary N) is 1. The lowest BCUT2D eigenvalue weighted by atomic mass is 9.97. The van der Waals surface area contributed by atoms with Crippen LogP contribution in [0.2, 0.25) is 0 Å². The van der Waals surface area contributed by atoms with Crippen LogP contribution in [0.15, 0.2) is 48.5 Å². The van der Waals surface area contributed by atoms with E-state index in [-0.39, 0.29) is 18.4 Å². The zero-order valence-electron chi connectivity index (χ0n) is 12.5. The van der Waals surface area contributed by atoms with Crippen molar-refractivity contribution in [3.8, 4) is 5.75 Å². The molecule has 3 rings (SSSR count). The summed E-state index contributed by atoms with van der Waals surface area (Å²) in [6.45, 7) is 2.35. The maximum Gasteiger partial charge on any atom is 0.261 e. The number of para-hydroxylation sites is 1. The summed E-state index contributed by atoms with van der Waals surface area (Å²) >= 11 is 0. The Bertz CT molecular complexity index is 684. The molecule has 2 aromatic carbocycles. The predicted octanol–water partition coefficient (Wildman–Crippen LogP) is 2.36. The highest BCUT2D eigenvalue weighted by atomic mass is 16.5. The van der Waals surface area contributed by atoms with Crippen LogP contribution in [0.5, 0.6) is 5.75 Å². The van der Waals surface area contributed by atoms with Crippen molar-refractivity contribution in [2.24, 2.45) is 0 Å². The van der Waals surface area contributed by atoms with Crippen molar-refractivity contribution in [3.05, 3.63) is 65.2 Å². The van der Waals surface area contributed by atoms with Gasteiger partial charge in [0.15, 0.2) is 6.10 Å². The van der Waals surface area contributed by atoms with Crippen molar-refractivity contribution in [2.45, 2.75) is 32.1 Å². The van der Waals surface area contributed by atoms with Crippen LogP contribution in [-0.2, 0) is 17.9 Å². The van der Waals surface area contributed by atoms with Gasteiger partial charge in [-0.05, 0) is 17.2 Å². The molecule has 0 saturated carbocycles. The molecule has 0 fully saturated rings. The van der Waals surface area contributed by atoms with Crippen LogP contribution in [0.1, 0.15) is 29.5 Å². The quantitative estimate of drug-likeness (QED) is 0.911. The highest BCUT2D eigenvalue weighted by molar-refractivity contribution is 5.83. The molecule has 1 aliphatic heterocycles. The molecule has 4 heteroatoms. The van der Waals surface area contributed by atoms with Gasteiger partial charge in [-0.3, -0.25) is 4.79 Å². The van der Waals surface area contributed by atoms with Gasteiger partial charge in [-0.25, -0.2) is 0 Å². The minimum atomic E-state index is -0.501. The zero-order valence-corrected chi connectivity index (χ0v) is 12.5. The molecule has 2 N–H and O–H groups in total. The number of hydrogen-bond donors (Lipinski definition) is 2. The Morgan fingerprint density at radius 2 is 1.82 bits per heavy atom. The topological polar surface area (TPSA) is 58.6 Å². The van der Waals surface area contributed by atoms with Crippen LogP contribution in [-0.4, -0.2) is 17.1 Å². The number of carbonyl (C=O) groups excluding carboxylic acids is 1. The molecule has 0 radical (unpaired) electrons. The van der Waals surface area contributed by atoms with Crippen molar-refractivity contribution in [1.29, 1.82) is 0 Å². The van der Waals surface area contributed by atoms with Gasteiger partial charge in [0.1, 0.15) is 5.75 Å². The van der Waals surface area contributed by atoms with E-state index in [1.54, 1.807) is 0 Å². The van der Waals surface area contributed by atoms with Crippen molar-refractivity contribution >= 4 is 5.91 Å². The Balaban J connectivity index is 1.66. The number of rotatable bonds is 4. The molecule has 1 amide bonds. The molecule has 0 bridgehead atoms. The van der Waals surface area contributed by atoms with Gasteiger partial charge in [0.2, 0.25) is 0 Å². The first-order valence-corrected chi connectivity index (χ1v) is 7.41. The first-order chi connectivity index (χ1) is 10.7. The molecule has 2 aromatic rings. The number of hydrogen-bond acceptors (Lipinski definition) is 3. The van der Waals surface area contributed by atoms with E-state index in [1.807, 2.05) is 55.5 Å². The molecule has 4 nitrogen and oxygen atoms in total. The van der Waals surface area contributed by atoms with E-state index in [0.717, 1.165) is 22.4 Å². The van der Waals surface area contributed by atoms with Gasteiger partial charge in [0.05, 0.1) is 6.61 Å². The predicted molar refractivity (Wildman–Crippen MR) is 83.5 cm³/mol. The Morgan fingerprint density at radius 3 is 2.55 bits per heavy atom. The number of benzene rings is 2. The monoisotopic (exact) mass is 297 g/mol. The maximum atomic E-state index is 12.4. The summed E-state index contributed by atoms with van der Waals surface area (Å²) in [6.07, 6.45) is -0.501. The average Bonchev–Trinajstić information content (AvgIpc) is 2.90. The van der Waals surface area contributed by atoms with Crippen LogP contribution in [0.3, 0.4) is 0 Å². The Labute approximate surface area is 129 Å². The molecule has 114 valence electrons. The lowest BCUT2D eigenvalue weighted by molar-refractivity contribution is -0.128. The van der Waals surface area contributed by atoms with Gasteiger partial charge in [-0.15, -0.1) is 0 Å². The lowest BCUT2D eigenvalue weighted by Gasteiger charge is -2.16. The third-order valence-electron chi connectivity index (χ3n) is 4.12. The van der Waals surface area contributed by atoms with Gasteiger partial charge in [0, 0.05) is 18.0 Å². The fraction of sp³-hybridized carbons (Fsp3) is 0.278. The normalized spacial score (nSPS) is 19.4. The molecular formula is C18H19NO3. The Hall–Kier alpha value is -2.33. The van der Waals surface area contributed by atoms with E-state index in [2.05, 4.69) is 5.32 Å². The number of amides is 1. The van der Waals surface area contributed by atoms with Crippen LogP contribution in [0.25, 0.3) is 0 Å². The second-order valence-corrected chi connectivity index (χ2v) is 5.51. The number of aliphatic hydroxyl groups is 1. The van der Waals surface area contributed by atoms with E-state index >= 15 is 0 Å². The van der Waals surface area contributed by atoms with Crippen LogP contribution in [0.4, 0.5) is 0 Å². The minimum Gasteiger partial charge on any atom is -0.480 e. The summed E-state index contributed by atoms with van der Waals surface area (Å²) in [5.74, 6) is 0.687. The molecule has 1 aliphatic rings. The van der Waals surface area contributed by atoms with Gasteiger partial charge in [0.25, 0.3) is 5.91 Å². The van der Waals surface area contributed by atoms with E-state index in [4.69, 9.17) is 4.74 Å². The molecule has 0 spiro atoms. The average molecular weight is 297 g/mol. The molecular weight excluding hydrogens is 278 g/mol. The van der Waals surface area contributed by atoms with Crippen LogP contribution in [0, 0.1) is 0 Å². The van der Waals surface area contributed by atoms with Crippen LogP contribution >= 0.6 is 0 Å². The molecule has 0 aromatic heterocycles. The van der Waals surface area contributed by atoms with Crippen molar-refractivity contribution in [2.75, 3.05) is 0 Å². The number of carbonyl (C=O) groups is 1. The Kier molecular flexibility index (Phi) is 4.11.